The molecule has 2 aromatic heterocycles. The number of nitrogens with zero attached hydrogens (tertiary/aromatic N) is 3. The third-order valence-electron chi connectivity index (χ3n) is 4.38. The summed E-state index contributed by atoms with van der Waals surface area (Å²) in [6, 6.07) is 4.84. The summed E-state index contributed by atoms with van der Waals surface area (Å²) in [7, 11) is 0. The second-order valence-electron chi connectivity index (χ2n) is 7.13. The van der Waals surface area contributed by atoms with Gasteiger partial charge in [-0.1, -0.05) is 43.3 Å². The first kappa shape index (κ1) is 24.3. The molecule has 0 unspecified atom stereocenters. The lowest BCUT2D eigenvalue weighted by Crippen LogP contribution is -2.16. The Bertz CT molecular complexity index is 1120. The van der Waals surface area contributed by atoms with E-state index >= 15 is 0 Å². The fraction of sp³-hybridized carbons (Fsp3) is 0.286. The second-order valence-corrected chi connectivity index (χ2v) is 9.42. The van der Waals surface area contributed by atoms with Gasteiger partial charge in [0, 0.05) is 22.4 Å². The van der Waals surface area contributed by atoms with Gasteiger partial charge in [0.25, 0.3) is 0 Å². The number of anilines is 1. The van der Waals surface area contributed by atoms with Crippen molar-refractivity contribution in [2.75, 3.05) is 11.1 Å². The first-order valence-corrected chi connectivity index (χ1v) is 11.8. The molecule has 0 spiro atoms. The maximum absolute atomic E-state index is 12.9. The van der Waals surface area contributed by atoms with Crippen LogP contribution in [0.5, 0.6) is 0 Å². The Morgan fingerprint density at radius 2 is 2.09 bits per heavy atom. The van der Waals surface area contributed by atoms with Gasteiger partial charge in [-0.15, -0.1) is 28.1 Å². The van der Waals surface area contributed by atoms with Gasteiger partial charge in [0.1, 0.15) is 0 Å². The Kier molecular flexibility index (Phi) is 7.68. The average molecular weight is 501 g/mol. The van der Waals surface area contributed by atoms with Crippen molar-refractivity contribution in [2.24, 2.45) is 0 Å². The van der Waals surface area contributed by atoms with Crippen LogP contribution in [0.4, 0.5) is 18.9 Å². The number of thiophene rings is 1. The summed E-state index contributed by atoms with van der Waals surface area (Å²) in [4.78, 5) is 13.6. The van der Waals surface area contributed by atoms with Gasteiger partial charge in [-0.2, -0.15) is 13.2 Å². The molecule has 0 saturated carbocycles. The summed E-state index contributed by atoms with van der Waals surface area (Å²) in [5.41, 5.74) is -0.0586. The van der Waals surface area contributed by atoms with Crippen LogP contribution in [0.2, 0.25) is 5.02 Å². The Hall–Kier alpha value is -2.30. The largest absolute Gasteiger partial charge is 0.416 e. The minimum absolute atomic E-state index is 0.0203. The van der Waals surface area contributed by atoms with Gasteiger partial charge >= 0.3 is 6.18 Å². The van der Waals surface area contributed by atoms with E-state index in [1.165, 1.54) is 4.88 Å². The molecule has 2 heterocycles. The molecule has 0 aliphatic carbocycles. The first-order chi connectivity index (χ1) is 15.1. The molecule has 3 rings (SSSR count). The number of benzene rings is 1. The van der Waals surface area contributed by atoms with Crippen LogP contribution in [0.15, 0.2) is 47.5 Å². The van der Waals surface area contributed by atoms with Crippen LogP contribution in [-0.2, 0) is 17.5 Å². The van der Waals surface area contributed by atoms with Gasteiger partial charge in [0.05, 0.1) is 22.0 Å². The highest BCUT2D eigenvalue weighted by atomic mass is 35.5. The maximum Gasteiger partial charge on any atom is 0.416 e. The minimum atomic E-state index is -4.53. The molecule has 32 heavy (non-hydrogen) atoms. The van der Waals surface area contributed by atoms with Crippen LogP contribution in [0.25, 0.3) is 11.4 Å². The minimum Gasteiger partial charge on any atom is -0.324 e. The second kappa shape index (κ2) is 10.1. The zero-order chi connectivity index (χ0) is 23.5. The molecule has 0 saturated heterocycles. The number of halogens is 4. The summed E-state index contributed by atoms with van der Waals surface area (Å²) < 4.78 is 40.6. The molecule has 0 fully saturated rings. The Labute approximate surface area is 196 Å². The van der Waals surface area contributed by atoms with Crippen LogP contribution < -0.4 is 5.32 Å². The fourth-order valence-corrected chi connectivity index (χ4v) is 4.61. The van der Waals surface area contributed by atoms with Crippen LogP contribution in [0.1, 0.15) is 30.2 Å². The standard InChI is InChI=1S/C21H20ClF3N4OS2/c1-4-7-29-19(13-8-17(12(2)3)31-10-13)27-28-20(29)32-11-18(30)26-16-9-14(21(23,24)25)5-6-15(16)22/h4-6,8-10,12H,1,7,11H2,2-3H3,(H,26,30). The normalized spacial score (nSPS) is 11.7. The van der Waals surface area contributed by atoms with Gasteiger partial charge in [0.2, 0.25) is 5.91 Å². The number of allylic oxidation sites excluding steroid dienone is 1. The van der Waals surface area contributed by atoms with E-state index in [-0.39, 0.29) is 16.5 Å². The molecular weight excluding hydrogens is 481 g/mol. The number of aromatic nitrogens is 3. The molecule has 5 nitrogen and oxygen atoms in total. The lowest BCUT2D eigenvalue weighted by Gasteiger charge is -2.11. The highest BCUT2D eigenvalue weighted by molar-refractivity contribution is 7.99. The van der Waals surface area contributed by atoms with Crippen LogP contribution in [0.3, 0.4) is 0 Å². The predicted octanol–water partition coefficient (Wildman–Crippen LogP) is 6.72. The molecule has 11 heteroatoms. The monoisotopic (exact) mass is 500 g/mol. The summed E-state index contributed by atoms with van der Waals surface area (Å²) in [5.74, 6) is 0.466. The van der Waals surface area contributed by atoms with Crippen molar-refractivity contribution < 1.29 is 18.0 Å². The average Bonchev–Trinajstić information content (AvgIpc) is 3.35. The van der Waals surface area contributed by atoms with Crippen molar-refractivity contribution in [1.29, 1.82) is 0 Å². The third-order valence-corrected chi connectivity index (χ3v) is 6.91. The molecule has 1 aromatic carbocycles. The third kappa shape index (κ3) is 5.73. The number of rotatable bonds is 8. The number of thioether (sulfide) groups is 1. The molecule has 3 aromatic rings. The summed E-state index contributed by atoms with van der Waals surface area (Å²) in [6.07, 6.45) is -2.83. The lowest BCUT2D eigenvalue weighted by atomic mass is 10.1. The zero-order valence-electron chi connectivity index (χ0n) is 17.2. The number of carbonyl (C=O) groups is 1. The van der Waals surface area contributed by atoms with Gasteiger partial charge in [-0.3, -0.25) is 9.36 Å². The van der Waals surface area contributed by atoms with Crippen molar-refractivity contribution in [3.63, 3.8) is 0 Å². The maximum atomic E-state index is 12.9. The quantitative estimate of drug-likeness (QED) is 0.275. The van der Waals surface area contributed by atoms with E-state index in [4.69, 9.17) is 11.6 Å². The fourth-order valence-electron chi connectivity index (χ4n) is 2.79. The highest BCUT2D eigenvalue weighted by Gasteiger charge is 2.31. The van der Waals surface area contributed by atoms with Crippen molar-refractivity contribution in [3.8, 4) is 11.4 Å². The number of hydrogen-bond donors (Lipinski definition) is 1. The number of nitrogens with one attached hydrogen (secondary N) is 1. The number of alkyl halides is 3. The Balaban J connectivity index is 1.73. The van der Waals surface area contributed by atoms with E-state index in [9.17, 15) is 18.0 Å². The van der Waals surface area contributed by atoms with Crippen LogP contribution >= 0.6 is 34.7 Å². The first-order valence-electron chi connectivity index (χ1n) is 9.52. The number of carbonyl (C=O) groups excluding carboxylic acids is 1. The molecule has 0 aliphatic heterocycles. The highest BCUT2D eigenvalue weighted by Crippen LogP contribution is 2.34. The Morgan fingerprint density at radius 1 is 1.34 bits per heavy atom. The van der Waals surface area contributed by atoms with Gasteiger partial charge < -0.3 is 5.32 Å². The molecular formula is C21H20ClF3N4OS2. The van der Waals surface area contributed by atoms with E-state index in [0.717, 1.165) is 35.5 Å². The van der Waals surface area contributed by atoms with Gasteiger partial charge in [-0.25, -0.2) is 0 Å². The van der Waals surface area contributed by atoms with Gasteiger partial charge in [0.15, 0.2) is 11.0 Å². The number of amides is 1. The van der Waals surface area contributed by atoms with E-state index in [0.29, 0.717) is 23.4 Å². The van der Waals surface area contributed by atoms with E-state index in [1.54, 1.807) is 17.4 Å². The molecule has 1 amide bonds. The lowest BCUT2D eigenvalue weighted by molar-refractivity contribution is -0.137. The summed E-state index contributed by atoms with van der Waals surface area (Å²) in [5, 5.41) is 13.4. The molecule has 0 bridgehead atoms. The molecule has 0 radical (unpaired) electrons. The van der Waals surface area contributed by atoms with Crippen LogP contribution in [0, 0.1) is 0 Å². The summed E-state index contributed by atoms with van der Waals surface area (Å²) in [6.45, 7) is 8.43. The molecule has 170 valence electrons. The van der Waals surface area contributed by atoms with Gasteiger partial charge in [-0.05, 0) is 30.2 Å². The van der Waals surface area contributed by atoms with E-state index in [2.05, 4.69) is 42.0 Å². The molecule has 1 N–H and O–H groups in total. The van der Waals surface area contributed by atoms with Crippen molar-refractivity contribution in [2.45, 2.75) is 37.6 Å². The zero-order valence-corrected chi connectivity index (χ0v) is 19.6. The predicted molar refractivity (Wildman–Crippen MR) is 123 cm³/mol. The van der Waals surface area contributed by atoms with E-state index in [1.807, 2.05) is 9.95 Å². The SMILES string of the molecule is C=CCn1c(SCC(=O)Nc2cc(C(F)(F)F)ccc2Cl)nnc1-c1csc(C(C)C)c1. The van der Waals surface area contributed by atoms with E-state index < -0.39 is 17.6 Å². The number of hydrogen-bond acceptors (Lipinski definition) is 5. The smallest absolute Gasteiger partial charge is 0.324 e. The Morgan fingerprint density at radius 3 is 2.72 bits per heavy atom. The molecule has 0 atom stereocenters. The van der Waals surface area contributed by atoms with Crippen molar-refractivity contribution in [3.05, 3.63) is 57.8 Å². The van der Waals surface area contributed by atoms with Crippen LogP contribution in [-0.4, -0.2) is 26.4 Å². The molecule has 0 aliphatic rings. The summed E-state index contributed by atoms with van der Waals surface area (Å²) >= 11 is 8.71. The topological polar surface area (TPSA) is 59.8 Å². The van der Waals surface area contributed by atoms with Crippen molar-refractivity contribution in [1.82, 2.24) is 14.8 Å². The van der Waals surface area contributed by atoms with Crippen molar-refractivity contribution >= 4 is 46.3 Å².